The second kappa shape index (κ2) is 2.67. The maximum Gasteiger partial charge on any atom is 0.124 e. The van der Waals surface area contributed by atoms with Gasteiger partial charge in [-0.2, -0.15) is 0 Å². The van der Waals surface area contributed by atoms with Gasteiger partial charge in [0.15, 0.2) is 0 Å². The van der Waals surface area contributed by atoms with Gasteiger partial charge < -0.3 is 19.7 Å². The average molecular weight is 174 g/mol. The van der Waals surface area contributed by atoms with Gasteiger partial charge in [-0.25, -0.2) is 0 Å². The molecule has 2 fully saturated rings. The van der Waals surface area contributed by atoms with E-state index in [2.05, 4.69) is 0 Å². The Hall–Kier alpha value is -0.160. The summed E-state index contributed by atoms with van der Waals surface area (Å²) in [6.07, 6.45) is -0.434. The number of ether oxygens (including phenoxy) is 2. The minimum Gasteiger partial charge on any atom is -0.394 e. The molecule has 0 aromatic rings. The molecule has 2 rings (SSSR count). The molecule has 12 heavy (non-hydrogen) atoms. The summed E-state index contributed by atoms with van der Waals surface area (Å²) >= 11 is 0. The summed E-state index contributed by atoms with van der Waals surface area (Å²) in [7, 11) is 0. The van der Waals surface area contributed by atoms with Crippen LogP contribution in [-0.4, -0.2) is 47.3 Å². The van der Waals surface area contributed by atoms with Gasteiger partial charge in [-0.3, -0.25) is 0 Å². The van der Waals surface area contributed by atoms with Gasteiger partial charge in [0.05, 0.1) is 19.3 Å². The van der Waals surface area contributed by atoms with Crippen LogP contribution in [0.4, 0.5) is 0 Å². The molecule has 0 radical (unpaired) electrons. The van der Waals surface area contributed by atoms with Gasteiger partial charge in [-0.1, -0.05) is 0 Å². The van der Waals surface area contributed by atoms with Crippen molar-refractivity contribution >= 4 is 0 Å². The molecule has 2 heterocycles. The van der Waals surface area contributed by atoms with Crippen LogP contribution in [0.2, 0.25) is 0 Å². The Morgan fingerprint density at radius 2 is 2.25 bits per heavy atom. The zero-order valence-electron chi connectivity index (χ0n) is 7.06. The molecule has 4 nitrogen and oxygen atoms in total. The van der Waals surface area contributed by atoms with Crippen molar-refractivity contribution in [2.75, 3.05) is 13.2 Å². The van der Waals surface area contributed by atoms with Crippen molar-refractivity contribution < 1.29 is 19.7 Å². The summed E-state index contributed by atoms with van der Waals surface area (Å²) in [4.78, 5) is 0. The zero-order valence-corrected chi connectivity index (χ0v) is 7.06. The van der Waals surface area contributed by atoms with Crippen molar-refractivity contribution in [3.05, 3.63) is 0 Å². The number of rotatable bonds is 1. The molecule has 0 amide bonds. The quantitative estimate of drug-likeness (QED) is 0.551. The molecule has 70 valence electrons. The Balaban J connectivity index is 2.14. The minimum atomic E-state index is -0.675. The summed E-state index contributed by atoms with van der Waals surface area (Å²) in [5.74, 6) is 0. The minimum absolute atomic E-state index is 0.113. The lowest BCUT2D eigenvalue weighted by Crippen LogP contribution is -2.57. The lowest BCUT2D eigenvalue weighted by molar-refractivity contribution is -0.205. The van der Waals surface area contributed by atoms with E-state index in [0.29, 0.717) is 6.61 Å². The van der Waals surface area contributed by atoms with Crippen LogP contribution >= 0.6 is 0 Å². The molecule has 1 spiro atoms. The normalized spacial score (nSPS) is 52.8. The van der Waals surface area contributed by atoms with Crippen molar-refractivity contribution in [2.24, 2.45) is 0 Å². The Bertz CT molecular complexity index is 178. The smallest absolute Gasteiger partial charge is 0.124 e. The summed E-state index contributed by atoms with van der Waals surface area (Å²) in [6, 6.07) is 0. The van der Waals surface area contributed by atoms with E-state index in [-0.39, 0.29) is 12.7 Å². The summed E-state index contributed by atoms with van der Waals surface area (Å²) < 4.78 is 10.7. The zero-order chi connectivity index (χ0) is 8.77. The van der Waals surface area contributed by atoms with Crippen LogP contribution in [-0.2, 0) is 9.47 Å². The molecule has 2 N–H and O–H groups in total. The van der Waals surface area contributed by atoms with Crippen LogP contribution in [0.3, 0.4) is 0 Å². The highest BCUT2D eigenvalue weighted by Crippen LogP contribution is 2.42. The van der Waals surface area contributed by atoms with E-state index < -0.39 is 17.8 Å². The second-order valence-electron chi connectivity index (χ2n) is 3.50. The Kier molecular flexibility index (Phi) is 1.88. The van der Waals surface area contributed by atoms with Crippen molar-refractivity contribution in [3.8, 4) is 0 Å². The molecule has 2 aliphatic rings. The van der Waals surface area contributed by atoms with Gasteiger partial charge in [0.2, 0.25) is 0 Å². The van der Waals surface area contributed by atoms with Gasteiger partial charge >= 0.3 is 0 Å². The fourth-order valence-corrected chi connectivity index (χ4v) is 2.04. The fraction of sp³-hybridized carbons (Fsp3) is 1.00. The third kappa shape index (κ3) is 0.864. The molecule has 0 aromatic carbocycles. The van der Waals surface area contributed by atoms with Gasteiger partial charge in [-0.15, -0.1) is 0 Å². The third-order valence-corrected chi connectivity index (χ3v) is 2.96. The van der Waals surface area contributed by atoms with Crippen LogP contribution in [0.25, 0.3) is 0 Å². The van der Waals surface area contributed by atoms with Crippen LogP contribution in [0.15, 0.2) is 0 Å². The topological polar surface area (TPSA) is 58.9 Å². The summed E-state index contributed by atoms with van der Waals surface area (Å²) in [6.45, 7) is 2.41. The molecule has 4 heteroatoms. The first-order valence-electron chi connectivity index (χ1n) is 4.29. The molecular weight excluding hydrogens is 160 g/mol. The highest BCUT2D eigenvalue weighted by Gasteiger charge is 2.58. The van der Waals surface area contributed by atoms with Gasteiger partial charge in [-0.05, 0) is 6.92 Å². The predicted octanol–water partition coefficient (Wildman–Crippen LogP) is -0.714. The molecule has 2 aliphatic heterocycles. The molecule has 2 saturated heterocycles. The molecular formula is C8H14O4. The van der Waals surface area contributed by atoms with E-state index in [0.717, 1.165) is 6.42 Å². The predicted molar refractivity (Wildman–Crippen MR) is 40.7 cm³/mol. The van der Waals surface area contributed by atoms with E-state index >= 15 is 0 Å². The van der Waals surface area contributed by atoms with Crippen LogP contribution in [0, 0.1) is 0 Å². The molecule has 0 saturated carbocycles. The standard InChI is InChI=1S/C8H14O4/c1-5-8(2-3-11-8)7(10)6(4-9)12-5/h5-7,9-10H,2-4H2,1H3/t5-,6+,7+,8-/m0/s1. The Morgan fingerprint density at radius 3 is 2.50 bits per heavy atom. The average Bonchev–Trinajstić information content (AvgIpc) is 2.21. The van der Waals surface area contributed by atoms with Crippen molar-refractivity contribution in [1.82, 2.24) is 0 Å². The first-order valence-corrected chi connectivity index (χ1v) is 4.29. The first-order chi connectivity index (χ1) is 5.70. The van der Waals surface area contributed by atoms with E-state index in [4.69, 9.17) is 14.6 Å². The number of aliphatic hydroxyl groups is 2. The number of aliphatic hydroxyl groups excluding tert-OH is 2. The van der Waals surface area contributed by atoms with Gasteiger partial charge in [0.1, 0.15) is 17.8 Å². The largest absolute Gasteiger partial charge is 0.394 e. The van der Waals surface area contributed by atoms with Crippen LogP contribution in [0.5, 0.6) is 0 Å². The highest BCUT2D eigenvalue weighted by atomic mass is 16.6. The van der Waals surface area contributed by atoms with Crippen molar-refractivity contribution in [3.63, 3.8) is 0 Å². The van der Waals surface area contributed by atoms with Crippen molar-refractivity contribution in [2.45, 2.75) is 37.3 Å². The number of hydrogen-bond donors (Lipinski definition) is 2. The maximum absolute atomic E-state index is 9.72. The molecule has 4 atom stereocenters. The monoisotopic (exact) mass is 174 g/mol. The van der Waals surface area contributed by atoms with E-state index in [1.807, 2.05) is 6.92 Å². The SMILES string of the molecule is C[C@@H]1O[C@H](CO)[C@@H](O)[C@]12CCO2. The summed E-state index contributed by atoms with van der Waals surface area (Å²) in [5, 5.41) is 18.6. The molecule has 0 bridgehead atoms. The Labute approximate surface area is 71.1 Å². The lowest BCUT2D eigenvalue weighted by Gasteiger charge is -2.43. The van der Waals surface area contributed by atoms with Gasteiger partial charge in [0.25, 0.3) is 0 Å². The van der Waals surface area contributed by atoms with Gasteiger partial charge in [0, 0.05) is 6.42 Å². The highest BCUT2D eigenvalue weighted by molar-refractivity contribution is 5.06. The molecule has 0 unspecified atom stereocenters. The molecule has 0 aromatic heterocycles. The maximum atomic E-state index is 9.72. The van der Waals surface area contributed by atoms with E-state index in [9.17, 15) is 5.11 Å². The summed E-state index contributed by atoms with van der Waals surface area (Å²) in [5.41, 5.74) is -0.520. The second-order valence-corrected chi connectivity index (χ2v) is 3.50. The number of hydrogen-bond acceptors (Lipinski definition) is 4. The van der Waals surface area contributed by atoms with Crippen LogP contribution < -0.4 is 0 Å². The molecule has 0 aliphatic carbocycles. The lowest BCUT2D eigenvalue weighted by atomic mass is 9.84. The van der Waals surface area contributed by atoms with Crippen molar-refractivity contribution in [1.29, 1.82) is 0 Å². The van der Waals surface area contributed by atoms with E-state index in [1.54, 1.807) is 0 Å². The fourth-order valence-electron chi connectivity index (χ4n) is 2.04. The van der Waals surface area contributed by atoms with E-state index in [1.165, 1.54) is 0 Å². The third-order valence-electron chi connectivity index (χ3n) is 2.96. The Morgan fingerprint density at radius 1 is 1.58 bits per heavy atom. The first kappa shape index (κ1) is 8.44. The van der Waals surface area contributed by atoms with Crippen LogP contribution in [0.1, 0.15) is 13.3 Å².